The summed E-state index contributed by atoms with van der Waals surface area (Å²) < 4.78 is 13.4. The summed E-state index contributed by atoms with van der Waals surface area (Å²) >= 11 is 0. The predicted molar refractivity (Wildman–Crippen MR) is 124 cm³/mol. The number of benzene rings is 1. The highest BCUT2D eigenvalue weighted by molar-refractivity contribution is 5.94. The fourth-order valence-electron chi connectivity index (χ4n) is 4.79. The van der Waals surface area contributed by atoms with Crippen molar-refractivity contribution >= 4 is 17.9 Å². The van der Waals surface area contributed by atoms with Crippen molar-refractivity contribution in [2.75, 3.05) is 19.6 Å². The molecule has 1 saturated heterocycles. The van der Waals surface area contributed by atoms with E-state index in [0.717, 1.165) is 0 Å². The van der Waals surface area contributed by atoms with Gasteiger partial charge in [0.1, 0.15) is 5.82 Å². The SMILES string of the molecule is C[C@H]1CN(C(=O)O)CCN1C(=O)C1CCC(NC(=O)c2ccc(-c3cccc(F)c3)nc2)CC1. The number of carbonyl (C=O) groups excluding carboxylic acids is 2. The molecular weight excluding hydrogens is 439 g/mol. The van der Waals surface area contributed by atoms with E-state index in [1.165, 1.54) is 23.2 Å². The van der Waals surface area contributed by atoms with Crippen LogP contribution in [0.25, 0.3) is 11.3 Å². The summed E-state index contributed by atoms with van der Waals surface area (Å²) in [6.45, 7) is 2.97. The molecule has 4 rings (SSSR count). The van der Waals surface area contributed by atoms with E-state index in [1.54, 1.807) is 29.2 Å². The van der Waals surface area contributed by atoms with Crippen molar-refractivity contribution < 1.29 is 23.9 Å². The van der Waals surface area contributed by atoms with Crippen LogP contribution in [0, 0.1) is 11.7 Å². The number of hydrogen-bond acceptors (Lipinski definition) is 4. The van der Waals surface area contributed by atoms with Gasteiger partial charge in [-0.05, 0) is 56.9 Å². The van der Waals surface area contributed by atoms with Crippen molar-refractivity contribution in [3.05, 3.63) is 54.0 Å². The van der Waals surface area contributed by atoms with Gasteiger partial charge in [0.05, 0.1) is 11.3 Å². The number of nitrogens with zero attached hydrogens (tertiary/aromatic N) is 3. The molecule has 1 saturated carbocycles. The largest absolute Gasteiger partial charge is 0.465 e. The Balaban J connectivity index is 1.27. The zero-order chi connectivity index (χ0) is 24.2. The number of amides is 3. The molecule has 3 amide bonds. The van der Waals surface area contributed by atoms with Crippen LogP contribution in [-0.4, -0.2) is 69.5 Å². The van der Waals surface area contributed by atoms with Crippen LogP contribution in [0.1, 0.15) is 43.0 Å². The number of piperazine rings is 1. The van der Waals surface area contributed by atoms with Crippen molar-refractivity contribution in [2.45, 2.75) is 44.7 Å². The molecule has 1 atom stereocenters. The van der Waals surface area contributed by atoms with E-state index in [-0.39, 0.29) is 35.6 Å². The van der Waals surface area contributed by atoms with Crippen LogP contribution < -0.4 is 5.32 Å². The molecule has 0 radical (unpaired) electrons. The summed E-state index contributed by atoms with van der Waals surface area (Å²) in [7, 11) is 0. The fraction of sp³-hybridized carbons (Fsp3) is 0.440. The molecule has 2 N–H and O–H groups in total. The van der Waals surface area contributed by atoms with Gasteiger partial charge < -0.3 is 20.2 Å². The van der Waals surface area contributed by atoms with Crippen molar-refractivity contribution in [2.24, 2.45) is 5.92 Å². The topological polar surface area (TPSA) is 103 Å². The lowest BCUT2D eigenvalue weighted by atomic mass is 9.84. The molecule has 2 aliphatic rings. The fourth-order valence-corrected chi connectivity index (χ4v) is 4.79. The molecule has 1 aliphatic heterocycles. The Kier molecular flexibility index (Phi) is 7.09. The van der Waals surface area contributed by atoms with Gasteiger partial charge in [-0.3, -0.25) is 14.6 Å². The van der Waals surface area contributed by atoms with E-state index in [1.807, 2.05) is 6.92 Å². The molecule has 9 heteroatoms. The van der Waals surface area contributed by atoms with E-state index < -0.39 is 6.09 Å². The minimum absolute atomic E-state index is 0.0132. The average molecular weight is 469 g/mol. The molecule has 1 aromatic carbocycles. The van der Waals surface area contributed by atoms with Gasteiger partial charge in [0.2, 0.25) is 5.91 Å². The van der Waals surface area contributed by atoms with Gasteiger partial charge in [0.25, 0.3) is 5.91 Å². The summed E-state index contributed by atoms with van der Waals surface area (Å²) in [6, 6.07) is 9.36. The lowest BCUT2D eigenvalue weighted by Gasteiger charge is -2.41. The Labute approximate surface area is 197 Å². The van der Waals surface area contributed by atoms with Gasteiger partial charge in [-0.15, -0.1) is 0 Å². The number of rotatable bonds is 4. The monoisotopic (exact) mass is 468 g/mol. The number of pyridine rings is 1. The second-order valence-electron chi connectivity index (χ2n) is 9.07. The molecule has 2 fully saturated rings. The summed E-state index contributed by atoms with van der Waals surface area (Å²) in [5.74, 6) is -0.572. The number of halogens is 1. The highest BCUT2D eigenvalue weighted by Crippen LogP contribution is 2.28. The molecule has 8 nitrogen and oxygen atoms in total. The highest BCUT2D eigenvalue weighted by atomic mass is 19.1. The van der Waals surface area contributed by atoms with Crippen LogP contribution in [0.2, 0.25) is 0 Å². The lowest BCUT2D eigenvalue weighted by molar-refractivity contribution is -0.141. The second-order valence-corrected chi connectivity index (χ2v) is 9.07. The smallest absolute Gasteiger partial charge is 0.407 e. The maximum absolute atomic E-state index is 13.4. The molecule has 1 aromatic heterocycles. The standard InChI is InChI=1S/C25H29FN4O4/c1-16-15-29(25(33)34)11-12-30(16)24(32)17-5-8-21(9-6-17)28-23(31)19-7-10-22(27-14-19)18-3-2-4-20(26)13-18/h2-4,7,10,13-14,16-17,21H,5-6,8-9,11-12,15H2,1H3,(H,28,31)(H,33,34)/t16-,17?,21?/m0/s1. The van der Waals surface area contributed by atoms with Crippen LogP contribution in [0.5, 0.6) is 0 Å². The Morgan fingerprint density at radius 2 is 1.85 bits per heavy atom. The first-order valence-corrected chi connectivity index (χ1v) is 11.6. The van der Waals surface area contributed by atoms with Gasteiger partial charge in [0.15, 0.2) is 0 Å². The Bertz CT molecular complexity index is 1050. The first kappa shape index (κ1) is 23.7. The van der Waals surface area contributed by atoms with E-state index in [2.05, 4.69) is 10.3 Å². The van der Waals surface area contributed by atoms with E-state index in [4.69, 9.17) is 5.11 Å². The molecule has 0 spiro atoms. The van der Waals surface area contributed by atoms with Crippen LogP contribution in [-0.2, 0) is 4.79 Å². The van der Waals surface area contributed by atoms with Crippen molar-refractivity contribution in [1.29, 1.82) is 0 Å². The minimum Gasteiger partial charge on any atom is -0.465 e. The van der Waals surface area contributed by atoms with Crippen LogP contribution >= 0.6 is 0 Å². The minimum atomic E-state index is -0.950. The first-order chi connectivity index (χ1) is 16.3. The van der Waals surface area contributed by atoms with Crippen molar-refractivity contribution in [3.63, 3.8) is 0 Å². The Morgan fingerprint density at radius 3 is 2.47 bits per heavy atom. The molecule has 1 aliphatic carbocycles. The van der Waals surface area contributed by atoms with Gasteiger partial charge in [-0.25, -0.2) is 9.18 Å². The van der Waals surface area contributed by atoms with Crippen LogP contribution in [0.3, 0.4) is 0 Å². The van der Waals surface area contributed by atoms with Crippen molar-refractivity contribution in [1.82, 2.24) is 20.1 Å². The number of aromatic nitrogens is 1. The van der Waals surface area contributed by atoms with Gasteiger partial charge in [0, 0.05) is 49.4 Å². The molecule has 180 valence electrons. The van der Waals surface area contributed by atoms with Gasteiger partial charge >= 0.3 is 6.09 Å². The summed E-state index contributed by atoms with van der Waals surface area (Å²) in [5, 5.41) is 12.2. The number of carbonyl (C=O) groups is 3. The highest BCUT2D eigenvalue weighted by Gasteiger charge is 2.35. The molecule has 0 unspecified atom stereocenters. The predicted octanol–water partition coefficient (Wildman–Crippen LogP) is 3.39. The third-order valence-corrected chi connectivity index (χ3v) is 6.74. The Hall–Kier alpha value is -3.49. The maximum Gasteiger partial charge on any atom is 0.407 e. The second kappa shape index (κ2) is 10.2. The normalized spacial score (nSPS) is 22.8. The number of nitrogens with one attached hydrogen (secondary N) is 1. The molecule has 0 bridgehead atoms. The zero-order valence-corrected chi connectivity index (χ0v) is 19.1. The quantitative estimate of drug-likeness (QED) is 0.716. The van der Waals surface area contributed by atoms with Crippen molar-refractivity contribution in [3.8, 4) is 11.3 Å². The Morgan fingerprint density at radius 1 is 1.09 bits per heavy atom. The van der Waals surface area contributed by atoms with E-state index in [0.29, 0.717) is 62.1 Å². The lowest BCUT2D eigenvalue weighted by Crippen LogP contribution is -2.56. The third kappa shape index (κ3) is 5.35. The first-order valence-electron chi connectivity index (χ1n) is 11.6. The average Bonchev–Trinajstić information content (AvgIpc) is 2.84. The summed E-state index contributed by atoms with van der Waals surface area (Å²) in [4.78, 5) is 44.3. The molecule has 2 aromatic rings. The summed E-state index contributed by atoms with van der Waals surface area (Å²) in [6.07, 6.45) is 3.33. The van der Waals surface area contributed by atoms with Crippen LogP contribution in [0.15, 0.2) is 42.6 Å². The zero-order valence-electron chi connectivity index (χ0n) is 19.1. The van der Waals surface area contributed by atoms with Gasteiger partial charge in [-0.2, -0.15) is 0 Å². The van der Waals surface area contributed by atoms with E-state index in [9.17, 15) is 18.8 Å². The molecule has 2 heterocycles. The van der Waals surface area contributed by atoms with Crippen LogP contribution in [0.4, 0.5) is 9.18 Å². The third-order valence-electron chi connectivity index (χ3n) is 6.74. The summed E-state index contributed by atoms with van der Waals surface area (Å²) in [5.41, 5.74) is 1.67. The van der Waals surface area contributed by atoms with E-state index >= 15 is 0 Å². The molecular formula is C25H29FN4O4. The number of hydrogen-bond donors (Lipinski definition) is 2. The molecule has 34 heavy (non-hydrogen) atoms. The van der Waals surface area contributed by atoms with Gasteiger partial charge in [-0.1, -0.05) is 12.1 Å². The maximum atomic E-state index is 13.4. The number of carboxylic acid groups (broad SMARTS) is 1.